The number of esters is 1. The van der Waals surface area contributed by atoms with E-state index < -0.39 is 12.0 Å². The van der Waals surface area contributed by atoms with Gasteiger partial charge in [-0.15, -0.1) is 0 Å². The van der Waals surface area contributed by atoms with Gasteiger partial charge >= 0.3 is 5.97 Å². The molecule has 0 radical (unpaired) electrons. The van der Waals surface area contributed by atoms with E-state index in [0.29, 0.717) is 17.5 Å². The van der Waals surface area contributed by atoms with E-state index in [1.54, 1.807) is 18.3 Å². The predicted molar refractivity (Wildman–Crippen MR) is 105 cm³/mol. The number of amides is 1. The summed E-state index contributed by atoms with van der Waals surface area (Å²) < 4.78 is 4.84. The summed E-state index contributed by atoms with van der Waals surface area (Å²) >= 11 is 0. The Hall–Kier alpha value is -3.47. The number of hydrogen-bond donors (Lipinski definition) is 1. The normalized spacial score (nSPS) is 12.0. The van der Waals surface area contributed by atoms with Crippen LogP contribution >= 0.6 is 0 Å². The Balaban J connectivity index is 1.76. The van der Waals surface area contributed by atoms with Crippen LogP contribution in [0, 0.1) is 0 Å². The fourth-order valence-corrected chi connectivity index (χ4v) is 2.78. The number of benzene rings is 2. The van der Waals surface area contributed by atoms with Crippen molar-refractivity contribution >= 4 is 28.9 Å². The molecule has 0 aliphatic rings. The smallest absolute Gasteiger partial charge is 0.328 e. The maximum absolute atomic E-state index is 12.7. The van der Waals surface area contributed by atoms with Crippen molar-refractivity contribution in [3.8, 4) is 0 Å². The van der Waals surface area contributed by atoms with Crippen LogP contribution in [0.5, 0.6) is 0 Å². The lowest BCUT2D eigenvalue weighted by Gasteiger charge is -2.15. The Kier molecular flexibility index (Phi) is 5.94. The number of pyridine rings is 1. The molecule has 0 unspecified atom stereocenters. The second-order valence-electron chi connectivity index (χ2n) is 5.98. The Morgan fingerprint density at radius 3 is 2.63 bits per heavy atom. The summed E-state index contributed by atoms with van der Waals surface area (Å²) in [5.74, 6) is -0.850. The van der Waals surface area contributed by atoms with Gasteiger partial charge in [-0.3, -0.25) is 9.78 Å². The van der Waals surface area contributed by atoms with Gasteiger partial charge in [-0.05, 0) is 24.1 Å². The molecule has 1 N–H and O–H groups in total. The maximum atomic E-state index is 12.7. The summed E-state index contributed by atoms with van der Waals surface area (Å²) in [5, 5.41) is 3.62. The summed E-state index contributed by atoms with van der Waals surface area (Å²) in [5.41, 5.74) is 2.04. The predicted octanol–water partition coefficient (Wildman–Crippen LogP) is 3.61. The number of aromatic nitrogens is 1. The molecule has 0 fully saturated rings. The van der Waals surface area contributed by atoms with E-state index in [1.165, 1.54) is 7.11 Å². The summed E-state index contributed by atoms with van der Waals surface area (Å²) in [6.45, 7) is 0. The zero-order chi connectivity index (χ0) is 19.1. The maximum Gasteiger partial charge on any atom is 0.328 e. The number of hydrogen-bond acceptors (Lipinski definition) is 4. The number of carbonyl (C=O) groups is 2. The summed E-state index contributed by atoms with van der Waals surface area (Å²) in [4.78, 5) is 29.1. The molecule has 5 heteroatoms. The number of nitrogens with one attached hydrogen (secondary N) is 1. The van der Waals surface area contributed by atoms with Crippen LogP contribution in [0.3, 0.4) is 0 Å². The highest BCUT2D eigenvalue weighted by Gasteiger charge is 2.22. The van der Waals surface area contributed by atoms with E-state index in [4.69, 9.17) is 4.74 Å². The molecule has 1 atom stereocenters. The molecule has 27 heavy (non-hydrogen) atoms. The highest BCUT2D eigenvalue weighted by molar-refractivity contribution is 6.06. The molecule has 0 spiro atoms. The van der Waals surface area contributed by atoms with Gasteiger partial charge < -0.3 is 10.1 Å². The number of nitrogens with zero attached hydrogens (tertiary/aromatic N) is 1. The van der Waals surface area contributed by atoms with Crippen LogP contribution in [-0.2, 0) is 9.53 Å². The lowest BCUT2D eigenvalue weighted by Crippen LogP contribution is -2.41. The molecule has 0 aliphatic carbocycles. The first kappa shape index (κ1) is 18.3. The van der Waals surface area contributed by atoms with Crippen LogP contribution in [0.1, 0.15) is 22.3 Å². The average molecular weight is 360 g/mol. The van der Waals surface area contributed by atoms with Gasteiger partial charge in [0.2, 0.25) is 0 Å². The molecule has 0 saturated heterocycles. The lowest BCUT2D eigenvalue weighted by atomic mass is 10.1. The molecule has 3 aromatic rings. The van der Waals surface area contributed by atoms with Gasteiger partial charge in [0.1, 0.15) is 6.04 Å². The Morgan fingerprint density at radius 1 is 1.07 bits per heavy atom. The minimum atomic E-state index is -0.776. The molecular formula is C22H20N2O3. The quantitative estimate of drug-likeness (QED) is 0.682. The van der Waals surface area contributed by atoms with Crippen molar-refractivity contribution in [2.45, 2.75) is 12.5 Å². The summed E-state index contributed by atoms with van der Waals surface area (Å²) in [7, 11) is 1.31. The Bertz CT molecular complexity index is 962. The highest BCUT2D eigenvalue weighted by Crippen LogP contribution is 2.16. The van der Waals surface area contributed by atoms with Crippen molar-refractivity contribution in [3.63, 3.8) is 0 Å². The second-order valence-corrected chi connectivity index (χ2v) is 5.98. The molecule has 0 aliphatic heterocycles. The van der Waals surface area contributed by atoms with Crippen molar-refractivity contribution in [3.05, 3.63) is 84.1 Å². The lowest BCUT2D eigenvalue weighted by molar-refractivity contribution is -0.142. The summed E-state index contributed by atoms with van der Waals surface area (Å²) in [6.07, 6.45) is 5.71. The number of para-hydroxylation sites is 1. The van der Waals surface area contributed by atoms with Gasteiger partial charge in [0.05, 0.1) is 18.2 Å². The zero-order valence-electron chi connectivity index (χ0n) is 15.0. The average Bonchev–Trinajstić information content (AvgIpc) is 2.72. The fourth-order valence-electron chi connectivity index (χ4n) is 2.78. The number of ether oxygens (including phenoxy) is 1. The van der Waals surface area contributed by atoms with Crippen molar-refractivity contribution < 1.29 is 14.3 Å². The molecule has 5 nitrogen and oxygen atoms in total. The second kappa shape index (κ2) is 8.76. The molecule has 3 rings (SSSR count). The topological polar surface area (TPSA) is 68.3 Å². The monoisotopic (exact) mass is 360 g/mol. The van der Waals surface area contributed by atoms with E-state index in [1.807, 2.05) is 60.7 Å². The van der Waals surface area contributed by atoms with Gasteiger partial charge in [-0.2, -0.15) is 0 Å². The first-order valence-electron chi connectivity index (χ1n) is 8.63. The fraction of sp³-hybridized carbons (Fsp3) is 0.136. The molecule has 1 aromatic heterocycles. The van der Waals surface area contributed by atoms with E-state index in [-0.39, 0.29) is 5.91 Å². The van der Waals surface area contributed by atoms with Gasteiger partial charge in [0.25, 0.3) is 5.91 Å². The van der Waals surface area contributed by atoms with E-state index >= 15 is 0 Å². The third-order valence-corrected chi connectivity index (χ3v) is 4.15. The number of fused-ring (bicyclic) bond motifs is 1. The minimum absolute atomic E-state index is 0.325. The SMILES string of the molecule is COC(=O)[C@H](C/C=C/c1ccccc1)NC(=O)c1cccc2cccnc12. The van der Waals surface area contributed by atoms with E-state index in [9.17, 15) is 9.59 Å². The highest BCUT2D eigenvalue weighted by atomic mass is 16.5. The number of carbonyl (C=O) groups excluding carboxylic acids is 2. The van der Waals surface area contributed by atoms with Gasteiger partial charge in [-0.1, -0.05) is 60.7 Å². The van der Waals surface area contributed by atoms with Crippen molar-refractivity contribution in [1.82, 2.24) is 10.3 Å². The molecular weight excluding hydrogens is 340 g/mol. The molecule has 0 saturated carbocycles. The third kappa shape index (κ3) is 4.58. The molecule has 1 heterocycles. The van der Waals surface area contributed by atoms with E-state index in [2.05, 4.69) is 10.3 Å². The van der Waals surface area contributed by atoms with Gasteiger partial charge in [0.15, 0.2) is 0 Å². The molecule has 1 amide bonds. The Labute approximate surface area is 157 Å². The van der Waals surface area contributed by atoms with Crippen LogP contribution in [0.15, 0.2) is 72.9 Å². The first-order valence-corrected chi connectivity index (χ1v) is 8.63. The number of rotatable bonds is 6. The summed E-state index contributed by atoms with van der Waals surface area (Å²) in [6, 6.07) is 18.0. The van der Waals surface area contributed by atoms with Crippen LogP contribution in [-0.4, -0.2) is 30.0 Å². The molecule has 2 aromatic carbocycles. The minimum Gasteiger partial charge on any atom is -0.467 e. The van der Waals surface area contributed by atoms with Crippen molar-refractivity contribution in [1.29, 1.82) is 0 Å². The number of methoxy groups -OCH3 is 1. The van der Waals surface area contributed by atoms with Gasteiger partial charge in [-0.25, -0.2) is 4.79 Å². The third-order valence-electron chi connectivity index (χ3n) is 4.15. The van der Waals surface area contributed by atoms with E-state index in [0.717, 1.165) is 10.9 Å². The molecule has 136 valence electrons. The zero-order valence-corrected chi connectivity index (χ0v) is 15.0. The molecule has 0 bridgehead atoms. The largest absolute Gasteiger partial charge is 0.467 e. The first-order chi connectivity index (χ1) is 13.2. The van der Waals surface area contributed by atoms with Gasteiger partial charge in [0, 0.05) is 11.6 Å². The van der Waals surface area contributed by atoms with Crippen molar-refractivity contribution in [2.24, 2.45) is 0 Å². The van der Waals surface area contributed by atoms with Crippen LogP contribution < -0.4 is 5.32 Å². The van der Waals surface area contributed by atoms with Crippen molar-refractivity contribution in [2.75, 3.05) is 7.11 Å². The Morgan fingerprint density at radius 2 is 1.85 bits per heavy atom. The van der Waals surface area contributed by atoms with Crippen LogP contribution in [0.25, 0.3) is 17.0 Å². The van der Waals surface area contributed by atoms with Crippen LogP contribution in [0.2, 0.25) is 0 Å². The van der Waals surface area contributed by atoms with Crippen LogP contribution in [0.4, 0.5) is 0 Å². The standard InChI is InChI=1S/C22H20N2O3/c1-27-22(26)19(14-5-10-16-8-3-2-4-9-16)24-21(25)18-13-6-11-17-12-7-15-23-20(17)18/h2-13,15,19H,14H2,1H3,(H,24,25)/b10-5+/t19-/m0/s1.